The van der Waals surface area contributed by atoms with E-state index in [-0.39, 0.29) is 12.5 Å². The third kappa shape index (κ3) is 5.50. The molecular formula is C11H17NO4. The van der Waals surface area contributed by atoms with Gasteiger partial charge in [-0.2, -0.15) is 0 Å². The topological polar surface area (TPSA) is 75.6 Å². The van der Waals surface area contributed by atoms with E-state index in [0.717, 1.165) is 19.3 Å². The average Bonchev–Trinajstić information content (AvgIpc) is 2.70. The summed E-state index contributed by atoms with van der Waals surface area (Å²) in [7, 11) is 0. The number of carboxylic acid groups (broad SMARTS) is 1. The number of hydrogen-bond acceptors (Lipinski definition) is 3. The van der Waals surface area contributed by atoms with Gasteiger partial charge in [-0.05, 0) is 25.7 Å². The van der Waals surface area contributed by atoms with Crippen molar-refractivity contribution in [3.05, 3.63) is 11.6 Å². The highest BCUT2D eigenvalue weighted by molar-refractivity contribution is 5.77. The Hall–Kier alpha value is -1.36. The van der Waals surface area contributed by atoms with E-state index in [1.54, 1.807) is 0 Å². The maximum Gasteiger partial charge on any atom is 0.329 e. The van der Waals surface area contributed by atoms with Gasteiger partial charge < -0.3 is 15.2 Å². The normalized spacial score (nSPS) is 14.6. The van der Waals surface area contributed by atoms with E-state index in [1.807, 2.05) is 0 Å². The molecule has 0 radical (unpaired) electrons. The molecule has 0 fully saturated rings. The molecular weight excluding hydrogens is 210 g/mol. The van der Waals surface area contributed by atoms with E-state index in [9.17, 15) is 9.59 Å². The van der Waals surface area contributed by atoms with Crippen LogP contribution in [0.15, 0.2) is 11.6 Å². The number of aliphatic carboxylic acids is 1. The van der Waals surface area contributed by atoms with Crippen LogP contribution in [0.4, 0.5) is 0 Å². The van der Waals surface area contributed by atoms with Crippen LogP contribution in [0.5, 0.6) is 0 Å². The van der Waals surface area contributed by atoms with Gasteiger partial charge in [0.15, 0.2) is 0 Å². The van der Waals surface area contributed by atoms with Crippen LogP contribution in [0.3, 0.4) is 0 Å². The predicted octanol–water partition coefficient (Wildman–Crippen LogP) is 0.704. The molecule has 5 nitrogen and oxygen atoms in total. The van der Waals surface area contributed by atoms with E-state index < -0.39 is 12.6 Å². The minimum Gasteiger partial charge on any atom is -0.480 e. The summed E-state index contributed by atoms with van der Waals surface area (Å²) in [6.07, 6.45) is 6.58. The molecule has 16 heavy (non-hydrogen) atoms. The lowest BCUT2D eigenvalue weighted by Crippen LogP contribution is -2.29. The van der Waals surface area contributed by atoms with Crippen molar-refractivity contribution in [3.63, 3.8) is 0 Å². The zero-order valence-electron chi connectivity index (χ0n) is 9.20. The molecule has 0 aromatic rings. The third-order valence-corrected chi connectivity index (χ3v) is 2.36. The van der Waals surface area contributed by atoms with Gasteiger partial charge in [0.1, 0.15) is 13.2 Å². The lowest BCUT2D eigenvalue weighted by molar-refractivity contribution is -0.143. The van der Waals surface area contributed by atoms with Crippen LogP contribution in [0.25, 0.3) is 0 Å². The number of hydrogen-bond donors (Lipinski definition) is 2. The van der Waals surface area contributed by atoms with Crippen molar-refractivity contribution >= 4 is 11.9 Å². The van der Waals surface area contributed by atoms with Crippen LogP contribution in [0, 0.1) is 0 Å². The fourth-order valence-electron chi connectivity index (χ4n) is 1.61. The van der Waals surface area contributed by atoms with Crippen LogP contribution < -0.4 is 5.32 Å². The minimum atomic E-state index is -1.07. The molecule has 0 aromatic carbocycles. The second-order valence-corrected chi connectivity index (χ2v) is 3.74. The van der Waals surface area contributed by atoms with Crippen LogP contribution in [-0.2, 0) is 14.3 Å². The predicted molar refractivity (Wildman–Crippen MR) is 58.0 cm³/mol. The van der Waals surface area contributed by atoms with Crippen molar-refractivity contribution < 1.29 is 19.4 Å². The van der Waals surface area contributed by atoms with Crippen LogP contribution in [0.1, 0.15) is 25.7 Å². The minimum absolute atomic E-state index is 0.189. The number of nitrogens with one attached hydrogen (secondary N) is 1. The molecule has 0 spiro atoms. The van der Waals surface area contributed by atoms with Crippen molar-refractivity contribution in [1.82, 2.24) is 5.32 Å². The molecule has 0 saturated carbocycles. The SMILES string of the molecule is O=C(O)COCC(=O)NCCC1=CCCC1. The second-order valence-electron chi connectivity index (χ2n) is 3.74. The quantitative estimate of drug-likeness (QED) is 0.628. The highest BCUT2D eigenvalue weighted by atomic mass is 16.5. The maximum atomic E-state index is 11.1. The molecule has 90 valence electrons. The standard InChI is InChI=1S/C11H17NO4/c13-10(7-16-8-11(14)15)12-6-5-9-3-1-2-4-9/h3H,1-2,4-8H2,(H,12,13)(H,14,15). The molecule has 5 heteroatoms. The number of allylic oxidation sites excluding steroid dienone is 1. The lowest BCUT2D eigenvalue weighted by atomic mass is 10.2. The molecule has 0 bridgehead atoms. The molecule has 1 aliphatic rings. The molecule has 0 heterocycles. The van der Waals surface area contributed by atoms with Gasteiger partial charge in [-0.25, -0.2) is 4.79 Å². The van der Waals surface area contributed by atoms with Gasteiger partial charge in [-0.15, -0.1) is 0 Å². The van der Waals surface area contributed by atoms with Gasteiger partial charge in [0.2, 0.25) is 5.91 Å². The van der Waals surface area contributed by atoms with Crippen LogP contribution >= 0.6 is 0 Å². The van der Waals surface area contributed by atoms with Crippen molar-refractivity contribution in [3.8, 4) is 0 Å². The van der Waals surface area contributed by atoms with E-state index in [4.69, 9.17) is 5.11 Å². The molecule has 0 aromatic heterocycles. The Balaban J connectivity index is 1.99. The zero-order valence-corrected chi connectivity index (χ0v) is 9.20. The van der Waals surface area contributed by atoms with Crippen molar-refractivity contribution in [2.24, 2.45) is 0 Å². The summed E-state index contributed by atoms with van der Waals surface area (Å²) in [6.45, 7) is -0.0228. The maximum absolute atomic E-state index is 11.1. The number of carboxylic acids is 1. The molecule has 1 amide bonds. The van der Waals surface area contributed by atoms with Gasteiger partial charge in [-0.1, -0.05) is 11.6 Å². The Labute approximate surface area is 94.5 Å². The monoisotopic (exact) mass is 227 g/mol. The van der Waals surface area contributed by atoms with Gasteiger partial charge in [0, 0.05) is 6.54 Å². The summed E-state index contributed by atoms with van der Waals surface area (Å²) in [6, 6.07) is 0. The number of rotatable bonds is 7. The first-order chi connectivity index (χ1) is 7.68. The van der Waals surface area contributed by atoms with Crippen molar-refractivity contribution in [2.75, 3.05) is 19.8 Å². The number of carbonyl (C=O) groups excluding carboxylic acids is 1. The highest BCUT2D eigenvalue weighted by Gasteiger charge is 2.06. The fraction of sp³-hybridized carbons (Fsp3) is 0.636. The first kappa shape index (κ1) is 12.7. The second kappa shape index (κ2) is 7.00. The van der Waals surface area contributed by atoms with Crippen molar-refractivity contribution in [2.45, 2.75) is 25.7 Å². The van der Waals surface area contributed by atoms with Crippen LogP contribution in [-0.4, -0.2) is 36.7 Å². The van der Waals surface area contributed by atoms with Gasteiger partial charge in [-0.3, -0.25) is 4.79 Å². The molecule has 2 N–H and O–H groups in total. The van der Waals surface area contributed by atoms with Crippen LogP contribution in [0.2, 0.25) is 0 Å². The van der Waals surface area contributed by atoms with Gasteiger partial charge in [0.05, 0.1) is 0 Å². The van der Waals surface area contributed by atoms with E-state index in [0.29, 0.717) is 6.54 Å². The third-order valence-electron chi connectivity index (χ3n) is 2.36. The first-order valence-electron chi connectivity index (χ1n) is 5.42. The molecule has 0 aliphatic heterocycles. The molecule has 1 aliphatic carbocycles. The Bertz CT molecular complexity index is 286. The number of carbonyl (C=O) groups is 2. The lowest BCUT2D eigenvalue weighted by Gasteiger charge is -2.05. The summed E-state index contributed by atoms with van der Waals surface area (Å²) in [5.41, 5.74) is 1.40. The largest absolute Gasteiger partial charge is 0.480 e. The number of ether oxygens (including phenoxy) is 1. The smallest absolute Gasteiger partial charge is 0.329 e. The zero-order chi connectivity index (χ0) is 11.8. The van der Waals surface area contributed by atoms with Gasteiger partial charge >= 0.3 is 5.97 Å². The summed E-state index contributed by atoms with van der Waals surface area (Å²) in [5, 5.41) is 11.0. The Morgan fingerprint density at radius 2 is 2.25 bits per heavy atom. The summed E-state index contributed by atoms with van der Waals surface area (Å²) in [5.74, 6) is -1.33. The van der Waals surface area contributed by atoms with Crippen molar-refractivity contribution in [1.29, 1.82) is 0 Å². The molecule has 1 rings (SSSR count). The van der Waals surface area contributed by atoms with E-state index >= 15 is 0 Å². The molecule has 0 atom stereocenters. The number of amides is 1. The highest BCUT2D eigenvalue weighted by Crippen LogP contribution is 2.19. The Morgan fingerprint density at radius 3 is 2.88 bits per heavy atom. The molecule has 0 saturated heterocycles. The Kier molecular flexibility index (Phi) is 5.56. The molecule has 0 unspecified atom stereocenters. The summed E-state index contributed by atoms with van der Waals surface area (Å²) in [4.78, 5) is 21.3. The van der Waals surface area contributed by atoms with E-state index in [2.05, 4.69) is 16.1 Å². The summed E-state index contributed by atoms with van der Waals surface area (Å²) >= 11 is 0. The Morgan fingerprint density at radius 1 is 1.44 bits per heavy atom. The fourth-order valence-corrected chi connectivity index (χ4v) is 1.61. The first-order valence-corrected chi connectivity index (χ1v) is 5.42. The summed E-state index contributed by atoms with van der Waals surface area (Å²) < 4.78 is 4.65. The van der Waals surface area contributed by atoms with E-state index in [1.165, 1.54) is 12.0 Å². The average molecular weight is 227 g/mol. The van der Waals surface area contributed by atoms with Gasteiger partial charge in [0.25, 0.3) is 0 Å².